The summed E-state index contributed by atoms with van der Waals surface area (Å²) >= 11 is 0. The van der Waals surface area contributed by atoms with E-state index in [1.807, 2.05) is 0 Å². The van der Waals surface area contributed by atoms with Gasteiger partial charge in [0.15, 0.2) is 0 Å². The predicted molar refractivity (Wildman–Crippen MR) is 58.3 cm³/mol. The Morgan fingerprint density at radius 1 is 1.06 bits per heavy atom. The van der Waals surface area contributed by atoms with E-state index in [1.54, 1.807) is 6.07 Å². The predicted octanol–water partition coefficient (Wildman–Crippen LogP) is 2.96. The van der Waals surface area contributed by atoms with Gasteiger partial charge in [-0.2, -0.15) is 0 Å². The van der Waals surface area contributed by atoms with Gasteiger partial charge in [-0.05, 0) is 43.2 Å². The van der Waals surface area contributed by atoms with Crippen LogP contribution in [0.25, 0.3) is 0 Å². The van der Waals surface area contributed by atoms with Crippen LogP contribution in [0.4, 0.5) is 8.78 Å². The molecule has 16 heavy (non-hydrogen) atoms. The van der Waals surface area contributed by atoms with Gasteiger partial charge in [-0.15, -0.1) is 0 Å². The molecule has 2 aliphatic rings. The number of halogens is 2. The zero-order valence-electron chi connectivity index (χ0n) is 9.05. The topological polar surface area (TPSA) is 12.0 Å². The van der Waals surface area contributed by atoms with Gasteiger partial charge in [0.25, 0.3) is 0 Å². The van der Waals surface area contributed by atoms with Crippen molar-refractivity contribution in [2.75, 3.05) is 0 Å². The van der Waals surface area contributed by atoms with E-state index in [2.05, 4.69) is 5.32 Å². The van der Waals surface area contributed by atoms with E-state index in [0.29, 0.717) is 17.6 Å². The summed E-state index contributed by atoms with van der Waals surface area (Å²) in [5.41, 5.74) is 0.694. The van der Waals surface area contributed by atoms with Crippen molar-refractivity contribution in [3.8, 4) is 0 Å². The molecule has 3 rings (SSSR count). The molecule has 1 aromatic rings. The van der Waals surface area contributed by atoms with Gasteiger partial charge >= 0.3 is 0 Å². The summed E-state index contributed by atoms with van der Waals surface area (Å²) in [6.07, 6.45) is 4.37. The fourth-order valence-corrected chi connectivity index (χ4v) is 3.14. The lowest BCUT2D eigenvalue weighted by molar-refractivity contribution is 0.356. The maximum Gasteiger partial charge on any atom is 0.129 e. The van der Waals surface area contributed by atoms with Gasteiger partial charge in [0, 0.05) is 18.2 Å². The molecule has 0 amide bonds. The van der Waals surface area contributed by atoms with Crippen LogP contribution in [-0.2, 0) is 0 Å². The standard InChI is InChI=1S/C13H15F2N/c14-9-1-4-12(13(15)7-9)8-5-10-2-3-11(6-8)16-10/h1,4,7-8,10-11,16H,2-3,5-6H2/t8?,10-,11+. The molecule has 1 nitrogen and oxygen atoms in total. The smallest absolute Gasteiger partial charge is 0.129 e. The molecule has 1 N–H and O–H groups in total. The molecule has 2 aliphatic heterocycles. The Morgan fingerprint density at radius 2 is 1.75 bits per heavy atom. The van der Waals surface area contributed by atoms with Gasteiger partial charge in [-0.25, -0.2) is 8.78 Å². The maximum atomic E-state index is 13.6. The molecule has 0 aromatic heterocycles. The molecule has 86 valence electrons. The van der Waals surface area contributed by atoms with Gasteiger partial charge in [0.05, 0.1) is 0 Å². The van der Waals surface area contributed by atoms with Gasteiger partial charge < -0.3 is 5.32 Å². The Kier molecular flexibility index (Phi) is 2.43. The Bertz CT molecular complexity index is 393. The summed E-state index contributed by atoms with van der Waals surface area (Å²) in [6, 6.07) is 5.04. The first-order chi connectivity index (χ1) is 7.72. The van der Waals surface area contributed by atoms with Crippen molar-refractivity contribution in [1.82, 2.24) is 5.32 Å². The molecule has 2 bridgehead atoms. The third-order valence-corrected chi connectivity index (χ3v) is 3.88. The molecule has 2 fully saturated rings. The number of hydrogen-bond donors (Lipinski definition) is 1. The molecular weight excluding hydrogens is 208 g/mol. The monoisotopic (exact) mass is 223 g/mol. The number of benzene rings is 1. The second kappa shape index (κ2) is 3.81. The van der Waals surface area contributed by atoms with Crippen LogP contribution >= 0.6 is 0 Å². The highest BCUT2D eigenvalue weighted by Gasteiger charge is 2.34. The zero-order valence-corrected chi connectivity index (χ0v) is 9.05. The lowest BCUT2D eigenvalue weighted by Crippen LogP contribution is -2.37. The van der Waals surface area contributed by atoms with E-state index in [1.165, 1.54) is 18.9 Å². The lowest BCUT2D eigenvalue weighted by atomic mass is 9.86. The summed E-state index contributed by atoms with van der Waals surface area (Å²) in [6.45, 7) is 0. The third kappa shape index (κ3) is 1.73. The van der Waals surface area contributed by atoms with Crippen molar-refractivity contribution < 1.29 is 8.78 Å². The second-order valence-electron chi connectivity index (χ2n) is 4.97. The summed E-state index contributed by atoms with van der Waals surface area (Å²) in [4.78, 5) is 0. The first kappa shape index (κ1) is 10.2. The van der Waals surface area contributed by atoms with Crippen LogP contribution < -0.4 is 5.32 Å². The minimum atomic E-state index is -0.488. The van der Waals surface area contributed by atoms with Crippen LogP contribution in [0.15, 0.2) is 18.2 Å². The Morgan fingerprint density at radius 3 is 2.38 bits per heavy atom. The van der Waals surface area contributed by atoms with E-state index in [4.69, 9.17) is 0 Å². The van der Waals surface area contributed by atoms with Crippen LogP contribution in [0.5, 0.6) is 0 Å². The molecule has 1 aromatic carbocycles. The normalized spacial score (nSPS) is 33.0. The van der Waals surface area contributed by atoms with E-state index in [0.717, 1.165) is 18.9 Å². The molecule has 0 radical (unpaired) electrons. The second-order valence-corrected chi connectivity index (χ2v) is 4.97. The molecule has 0 saturated carbocycles. The van der Waals surface area contributed by atoms with Gasteiger partial charge in [0.1, 0.15) is 11.6 Å². The van der Waals surface area contributed by atoms with Crippen LogP contribution in [0.3, 0.4) is 0 Å². The van der Waals surface area contributed by atoms with Crippen molar-refractivity contribution in [3.63, 3.8) is 0 Å². The summed E-state index contributed by atoms with van der Waals surface area (Å²) in [5.74, 6) is -0.608. The molecular formula is C13H15F2N. The van der Waals surface area contributed by atoms with Crippen LogP contribution in [0, 0.1) is 11.6 Å². The van der Waals surface area contributed by atoms with Crippen LogP contribution in [0.2, 0.25) is 0 Å². The van der Waals surface area contributed by atoms with Crippen LogP contribution in [0.1, 0.15) is 37.2 Å². The first-order valence-corrected chi connectivity index (χ1v) is 5.93. The highest BCUT2D eigenvalue weighted by atomic mass is 19.1. The van der Waals surface area contributed by atoms with E-state index >= 15 is 0 Å². The van der Waals surface area contributed by atoms with Gasteiger partial charge in [0.2, 0.25) is 0 Å². The summed E-state index contributed by atoms with van der Waals surface area (Å²) < 4.78 is 26.5. The SMILES string of the molecule is Fc1ccc(C2C[C@H]3CC[C@@H](C2)N3)c(F)c1. The fourth-order valence-electron chi connectivity index (χ4n) is 3.14. The Balaban J connectivity index is 1.87. The first-order valence-electron chi connectivity index (χ1n) is 5.93. The lowest BCUT2D eigenvalue weighted by Gasteiger charge is -2.29. The molecule has 1 unspecified atom stereocenters. The van der Waals surface area contributed by atoms with E-state index in [-0.39, 0.29) is 11.7 Å². The van der Waals surface area contributed by atoms with Crippen molar-refractivity contribution >= 4 is 0 Å². The van der Waals surface area contributed by atoms with Gasteiger partial charge in [-0.1, -0.05) is 6.07 Å². The number of rotatable bonds is 1. The summed E-state index contributed by atoms with van der Waals surface area (Å²) in [5, 5.41) is 3.52. The molecule has 0 spiro atoms. The number of piperidine rings is 1. The molecule has 2 saturated heterocycles. The van der Waals surface area contributed by atoms with Crippen molar-refractivity contribution in [2.45, 2.75) is 43.7 Å². The van der Waals surface area contributed by atoms with Gasteiger partial charge in [-0.3, -0.25) is 0 Å². The van der Waals surface area contributed by atoms with Crippen LogP contribution in [-0.4, -0.2) is 12.1 Å². The fraction of sp³-hybridized carbons (Fsp3) is 0.538. The number of nitrogens with one attached hydrogen (secondary N) is 1. The number of hydrogen-bond acceptors (Lipinski definition) is 1. The highest BCUT2D eigenvalue weighted by Crippen LogP contribution is 2.38. The van der Waals surface area contributed by atoms with Crippen molar-refractivity contribution in [2.24, 2.45) is 0 Å². The highest BCUT2D eigenvalue weighted by molar-refractivity contribution is 5.24. The largest absolute Gasteiger partial charge is 0.311 e. The molecule has 0 aliphatic carbocycles. The third-order valence-electron chi connectivity index (χ3n) is 3.88. The minimum absolute atomic E-state index is 0.263. The average molecular weight is 223 g/mol. The molecule has 2 heterocycles. The molecule has 3 atom stereocenters. The zero-order chi connectivity index (χ0) is 11.1. The molecule has 3 heteroatoms. The quantitative estimate of drug-likeness (QED) is 0.771. The van der Waals surface area contributed by atoms with Crippen molar-refractivity contribution in [1.29, 1.82) is 0 Å². The summed E-state index contributed by atoms with van der Waals surface area (Å²) in [7, 11) is 0. The number of fused-ring (bicyclic) bond motifs is 2. The van der Waals surface area contributed by atoms with E-state index in [9.17, 15) is 8.78 Å². The Hall–Kier alpha value is -0.960. The average Bonchev–Trinajstić information content (AvgIpc) is 2.58. The van der Waals surface area contributed by atoms with E-state index < -0.39 is 5.82 Å². The maximum absolute atomic E-state index is 13.6. The Labute approximate surface area is 93.9 Å². The minimum Gasteiger partial charge on any atom is -0.311 e. The van der Waals surface area contributed by atoms with Crippen molar-refractivity contribution in [3.05, 3.63) is 35.4 Å².